The second-order valence-corrected chi connectivity index (χ2v) is 3.20. The summed E-state index contributed by atoms with van der Waals surface area (Å²) in [5, 5.41) is 12.3. The molecule has 1 atom stereocenters. The average molecular weight is 219 g/mol. The van der Waals surface area contributed by atoms with E-state index in [1.165, 1.54) is 0 Å². The zero-order valence-electron chi connectivity index (χ0n) is 9.49. The lowest BCUT2D eigenvalue weighted by atomic mass is 10.2. The van der Waals surface area contributed by atoms with E-state index in [9.17, 15) is 9.90 Å². The number of carbonyl (C=O) groups is 1. The molecule has 0 fully saturated rings. The van der Waals surface area contributed by atoms with Crippen molar-refractivity contribution in [3.63, 3.8) is 0 Å². The fourth-order valence-corrected chi connectivity index (χ4v) is 1.09. The van der Waals surface area contributed by atoms with Crippen molar-refractivity contribution in [3.8, 4) is 0 Å². The van der Waals surface area contributed by atoms with Gasteiger partial charge in [-0.05, 0) is 19.9 Å². The maximum absolute atomic E-state index is 10.9. The van der Waals surface area contributed by atoms with Crippen LogP contribution in [0, 0.1) is 0 Å². The number of methoxy groups -OCH3 is 1. The SMILES string of the molecule is CCOC(=O)CCNCCC(O)COC. The molecule has 0 aliphatic rings. The van der Waals surface area contributed by atoms with E-state index >= 15 is 0 Å². The van der Waals surface area contributed by atoms with Crippen LogP contribution in [0.4, 0.5) is 0 Å². The summed E-state index contributed by atoms with van der Waals surface area (Å²) in [6, 6.07) is 0. The highest BCUT2D eigenvalue weighted by molar-refractivity contribution is 5.69. The monoisotopic (exact) mass is 219 g/mol. The molecule has 15 heavy (non-hydrogen) atoms. The lowest BCUT2D eigenvalue weighted by molar-refractivity contribution is -0.142. The molecule has 2 N–H and O–H groups in total. The summed E-state index contributed by atoms with van der Waals surface area (Å²) in [5.74, 6) is -0.192. The van der Waals surface area contributed by atoms with E-state index in [4.69, 9.17) is 9.47 Å². The average Bonchev–Trinajstić information content (AvgIpc) is 2.18. The Balaban J connectivity index is 3.20. The highest BCUT2D eigenvalue weighted by Gasteiger charge is 2.03. The first-order valence-electron chi connectivity index (χ1n) is 5.24. The van der Waals surface area contributed by atoms with E-state index in [0.717, 1.165) is 0 Å². The summed E-state index contributed by atoms with van der Waals surface area (Å²) in [6.45, 7) is 3.81. The zero-order valence-corrected chi connectivity index (χ0v) is 9.49. The van der Waals surface area contributed by atoms with Gasteiger partial charge >= 0.3 is 5.97 Å². The van der Waals surface area contributed by atoms with E-state index in [1.54, 1.807) is 14.0 Å². The first kappa shape index (κ1) is 14.3. The van der Waals surface area contributed by atoms with Crippen LogP contribution in [0.2, 0.25) is 0 Å². The Morgan fingerprint density at radius 3 is 2.80 bits per heavy atom. The summed E-state index contributed by atoms with van der Waals surface area (Å²) in [6.07, 6.45) is 0.551. The summed E-state index contributed by atoms with van der Waals surface area (Å²) in [7, 11) is 1.55. The number of hydrogen-bond acceptors (Lipinski definition) is 5. The van der Waals surface area contributed by atoms with Crippen LogP contribution in [0.25, 0.3) is 0 Å². The van der Waals surface area contributed by atoms with Gasteiger partial charge in [0.25, 0.3) is 0 Å². The quantitative estimate of drug-likeness (QED) is 0.419. The van der Waals surface area contributed by atoms with Crippen LogP contribution in [0.5, 0.6) is 0 Å². The molecule has 0 amide bonds. The molecule has 0 saturated carbocycles. The Morgan fingerprint density at radius 1 is 1.47 bits per heavy atom. The number of esters is 1. The van der Waals surface area contributed by atoms with Gasteiger partial charge in [0.05, 0.1) is 25.7 Å². The van der Waals surface area contributed by atoms with E-state index in [-0.39, 0.29) is 5.97 Å². The van der Waals surface area contributed by atoms with Crippen molar-refractivity contribution in [3.05, 3.63) is 0 Å². The predicted molar refractivity (Wildman–Crippen MR) is 56.6 cm³/mol. The first-order chi connectivity index (χ1) is 7.20. The number of nitrogens with one attached hydrogen (secondary N) is 1. The van der Waals surface area contributed by atoms with Crippen molar-refractivity contribution in [2.24, 2.45) is 0 Å². The molecular weight excluding hydrogens is 198 g/mol. The van der Waals surface area contributed by atoms with Crippen LogP contribution in [-0.4, -0.2) is 50.6 Å². The molecule has 0 spiro atoms. The van der Waals surface area contributed by atoms with Gasteiger partial charge in [-0.1, -0.05) is 0 Å². The Morgan fingerprint density at radius 2 is 2.20 bits per heavy atom. The molecule has 0 rings (SSSR count). The van der Waals surface area contributed by atoms with Gasteiger partial charge in [0.15, 0.2) is 0 Å². The summed E-state index contributed by atoms with van der Waals surface area (Å²) < 4.78 is 9.54. The van der Waals surface area contributed by atoms with Gasteiger partial charge in [-0.2, -0.15) is 0 Å². The molecule has 5 nitrogen and oxygen atoms in total. The molecule has 0 bridgehead atoms. The fourth-order valence-electron chi connectivity index (χ4n) is 1.09. The maximum atomic E-state index is 10.9. The Labute approximate surface area is 90.8 Å². The molecule has 90 valence electrons. The number of hydrogen-bond donors (Lipinski definition) is 2. The molecule has 0 heterocycles. The summed E-state index contributed by atoms with van der Waals surface area (Å²) >= 11 is 0. The molecular formula is C10H21NO4. The van der Waals surface area contributed by atoms with E-state index in [0.29, 0.717) is 39.1 Å². The Bertz CT molecular complexity index is 164. The van der Waals surface area contributed by atoms with Crippen molar-refractivity contribution in [1.29, 1.82) is 0 Å². The molecule has 1 unspecified atom stereocenters. The van der Waals surface area contributed by atoms with Crippen molar-refractivity contribution >= 4 is 5.97 Å². The third-order valence-electron chi connectivity index (χ3n) is 1.82. The number of rotatable bonds is 9. The van der Waals surface area contributed by atoms with Gasteiger partial charge in [0.2, 0.25) is 0 Å². The van der Waals surface area contributed by atoms with Crippen molar-refractivity contribution in [2.75, 3.05) is 33.4 Å². The minimum absolute atomic E-state index is 0.192. The third kappa shape index (κ3) is 9.65. The second-order valence-electron chi connectivity index (χ2n) is 3.20. The van der Waals surface area contributed by atoms with Crippen LogP contribution < -0.4 is 5.32 Å². The van der Waals surface area contributed by atoms with Gasteiger partial charge in [-0.3, -0.25) is 4.79 Å². The van der Waals surface area contributed by atoms with Crippen LogP contribution in [-0.2, 0) is 14.3 Å². The highest BCUT2D eigenvalue weighted by atomic mass is 16.5. The molecule has 0 aromatic carbocycles. The van der Waals surface area contributed by atoms with E-state index < -0.39 is 6.10 Å². The minimum Gasteiger partial charge on any atom is -0.466 e. The van der Waals surface area contributed by atoms with Crippen molar-refractivity contribution in [2.45, 2.75) is 25.9 Å². The zero-order chi connectivity index (χ0) is 11.5. The number of aliphatic hydroxyl groups is 1. The molecule has 0 radical (unpaired) electrons. The van der Waals surface area contributed by atoms with Crippen molar-refractivity contribution in [1.82, 2.24) is 5.32 Å². The van der Waals surface area contributed by atoms with Gasteiger partial charge in [-0.25, -0.2) is 0 Å². The van der Waals surface area contributed by atoms with Crippen LogP contribution >= 0.6 is 0 Å². The normalized spacial score (nSPS) is 12.5. The van der Waals surface area contributed by atoms with Gasteiger partial charge in [0, 0.05) is 13.7 Å². The predicted octanol–water partition coefficient (Wildman–Crippen LogP) is -0.0734. The van der Waals surface area contributed by atoms with Crippen LogP contribution in [0.15, 0.2) is 0 Å². The number of carbonyl (C=O) groups excluding carboxylic acids is 1. The molecule has 0 aromatic heterocycles. The molecule has 0 aromatic rings. The lowest BCUT2D eigenvalue weighted by Gasteiger charge is -2.09. The Hall–Kier alpha value is -0.650. The van der Waals surface area contributed by atoms with E-state index in [2.05, 4.69) is 5.32 Å². The summed E-state index contributed by atoms with van der Waals surface area (Å²) in [5.41, 5.74) is 0. The van der Waals surface area contributed by atoms with E-state index in [1.807, 2.05) is 0 Å². The minimum atomic E-state index is -0.440. The second kappa shape index (κ2) is 9.89. The largest absolute Gasteiger partial charge is 0.466 e. The maximum Gasteiger partial charge on any atom is 0.307 e. The smallest absolute Gasteiger partial charge is 0.307 e. The van der Waals surface area contributed by atoms with Gasteiger partial charge < -0.3 is 19.9 Å². The lowest BCUT2D eigenvalue weighted by Crippen LogP contribution is -2.25. The molecule has 0 saturated heterocycles. The number of aliphatic hydroxyl groups excluding tert-OH is 1. The van der Waals surface area contributed by atoms with Gasteiger partial charge in [0.1, 0.15) is 0 Å². The molecule has 0 aliphatic heterocycles. The topological polar surface area (TPSA) is 67.8 Å². The fraction of sp³-hybridized carbons (Fsp3) is 0.900. The standard InChI is InChI=1S/C10H21NO4/c1-3-15-10(13)5-7-11-6-4-9(12)8-14-2/h9,11-12H,3-8H2,1-2H3. The Kier molecular flexibility index (Phi) is 9.46. The summed E-state index contributed by atoms with van der Waals surface area (Å²) in [4.78, 5) is 10.9. The van der Waals surface area contributed by atoms with Gasteiger partial charge in [-0.15, -0.1) is 0 Å². The van der Waals surface area contributed by atoms with Crippen molar-refractivity contribution < 1.29 is 19.4 Å². The third-order valence-corrected chi connectivity index (χ3v) is 1.82. The van der Waals surface area contributed by atoms with Crippen LogP contribution in [0.3, 0.4) is 0 Å². The number of ether oxygens (including phenoxy) is 2. The molecule has 0 aliphatic carbocycles. The highest BCUT2D eigenvalue weighted by Crippen LogP contribution is 1.90. The van der Waals surface area contributed by atoms with Crippen LogP contribution in [0.1, 0.15) is 19.8 Å². The first-order valence-corrected chi connectivity index (χ1v) is 5.24. The molecule has 5 heteroatoms.